The van der Waals surface area contributed by atoms with Gasteiger partial charge < -0.3 is 10.1 Å². The van der Waals surface area contributed by atoms with Crippen molar-refractivity contribution in [3.05, 3.63) is 48.0 Å². The molecule has 0 saturated carbocycles. The Balaban J connectivity index is 1.94. The van der Waals surface area contributed by atoms with Crippen molar-refractivity contribution in [1.29, 1.82) is 0 Å². The van der Waals surface area contributed by atoms with Crippen LogP contribution in [0.3, 0.4) is 0 Å². The first-order valence-electron chi connectivity index (χ1n) is 7.38. The Bertz CT molecular complexity index is 725. The van der Waals surface area contributed by atoms with Gasteiger partial charge in [0.15, 0.2) is 0 Å². The van der Waals surface area contributed by atoms with Gasteiger partial charge in [0, 0.05) is 9.79 Å². The van der Waals surface area contributed by atoms with E-state index in [2.05, 4.69) is 29.6 Å². The lowest BCUT2D eigenvalue weighted by Gasteiger charge is -2.26. The van der Waals surface area contributed by atoms with E-state index in [4.69, 9.17) is 4.74 Å². The van der Waals surface area contributed by atoms with Crippen LogP contribution in [0, 0.1) is 0 Å². The zero-order valence-corrected chi connectivity index (χ0v) is 13.8. The number of esters is 1. The minimum atomic E-state index is -0.658. The fourth-order valence-corrected chi connectivity index (χ4v) is 3.43. The van der Waals surface area contributed by atoms with Crippen molar-refractivity contribution in [2.45, 2.75) is 36.0 Å². The number of ether oxygens (including phenoxy) is 1. The van der Waals surface area contributed by atoms with Crippen LogP contribution in [0.2, 0.25) is 0 Å². The van der Waals surface area contributed by atoms with Crippen LogP contribution in [0.25, 0.3) is 0 Å². The molecular formula is C18H19NO2S. The van der Waals surface area contributed by atoms with Crippen molar-refractivity contribution in [1.82, 2.24) is 0 Å². The maximum absolute atomic E-state index is 12.2. The molecule has 114 valence electrons. The van der Waals surface area contributed by atoms with Gasteiger partial charge in [-0.15, -0.1) is 0 Å². The largest absolute Gasteiger partial charge is 0.465 e. The Hall–Kier alpha value is -1.94. The number of para-hydroxylation sites is 1. The number of benzene rings is 2. The van der Waals surface area contributed by atoms with Gasteiger partial charge in [0.2, 0.25) is 0 Å². The first kappa shape index (κ1) is 15.0. The third kappa shape index (κ3) is 2.59. The molecule has 0 atom stereocenters. The van der Waals surface area contributed by atoms with Crippen molar-refractivity contribution in [2.75, 3.05) is 11.9 Å². The summed E-state index contributed by atoms with van der Waals surface area (Å²) in [5.74, 6) is -0.196. The quantitative estimate of drug-likeness (QED) is 0.709. The lowest BCUT2D eigenvalue weighted by molar-refractivity contribution is -0.148. The zero-order chi connectivity index (χ0) is 15.7. The number of hydrogen-bond donors (Lipinski definition) is 1. The molecule has 1 N–H and O–H groups in total. The van der Waals surface area contributed by atoms with E-state index < -0.39 is 5.41 Å². The molecule has 0 saturated heterocycles. The molecule has 1 heterocycles. The van der Waals surface area contributed by atoms with Crippen LogP contribution < -0.4 is 5.32 Å². The molecule has 3 rings (SSSR count). The number of carbonyl (C=O) groups excluding carboxylic acids is 1. The minimum Gasteiger partial charge on any atom is -0.465 e. The number of fused-ring (bicyclic) bond motifs is 2. The van der Waals surface area contributed by atoms with Crippen molar-refractivity contribution in [3.63, 3.8) is 0 Å². The van der Waals surface area contributed by atoms with Crippen molar-refractivity contribution >= 4 is 29.1 Å². The monoisotopic (exact) mass is 313 g/mol. The number of carbonyl (C=O) groups is 1. The van der Waals surface area contributed by atoms with E-state index in [0.717, 1.165) is 16.9 Å². The first-order valence-corrected chi connectivity index (χ1v) is 8.19. The van der Waals surface area contributed by atoms with Crippen LogP contribution in [0.1, 0.15) is 26.3 Å². The van der Waals surface area contributed by atoms with Crippen LogP contribution in [0.4, 0.5) is 11.4 Å². The summed E-state index contributed by atoms with van der Waals surface area (Å²) in [5.41, 5.74) is 2.44. The Kier molecular flexibility index (Phi) is 3.87. The van der Waals surface area contributed by atoms with Gasteiger partial charge >= 0.3 is 5.97 Å². The summed E-state index contributed by atoms with van der Waals surface area (Å²) in [7, 11) is 0. The van der Waals surface area contributed by atoms with E-state index in [-0.39, 0.29) is 5.97 Å². The molecule has 0 unspecified atom stereocenters. The molecule has 22 heavy (non-hydrogen) atoms. The molecule has 1 aliphatic rings. The molecule has 0 aromatic heterocycles. The van der Waals surface area contributed by atoms with E-state index in [0.29, 0.717) is 6.61 Å². The van der Waals surface area contributed by atoms with Gasteiger partial charge in [0.1, 0.15) is 0 Å². The van der Waals surface area contributed by atoms with Crippen molar-refractivity contribution < 1.29 is 9.53 Å². The maximum atomic E-state index is 12.2. The topological polar surface area (TPSA) is 38.3 Å². The van der Waals surface area contributed by atoms with Gasteiger partial charge in [-0.1, -0.05) is 30.0 Å². The summed E-state index contributed by atoms with van der Waals surface area (Å²) < 4.78 is 5.20. The van der Waals surface area contributed by atoms with Crippen LogP contribution in [0.5, 0.6) is 0 Å². The predicted octanol–water partition coefficient (Wildman–Crippen LogP) is 4.74. The average molecular weight is 313 g/mol. The summed E-state index contributed by atoms with van der Waals surface area (Å²) in [6, 6.07) is 14.4. The maximum Gasteiger partial charge on any atom is 0.315 e. The Morgan fingerprint density at radius 1 is 1.14 bits per heavy atom. The lowest BCUT2D eigenvalue weighted by atomic mass is 9.84. The van der Waals surface area contributed by atoms with Crippen molar-refractivity contribution in [3.8, 4) is 0 Å². The Morgan fingerprint density at radius 3 is 2.64 bits per heavy atom. The molecule has 4 heteroatoms. The van der Waals surface area contributed by atoms with Crippen LogP contribution >= 0.6 is 11.8 Å². The highest BCUT2D eigenvalue weighted by Crippen LogP contribution is 2.45. The molecule has 0 bridgehead atoms. The Morgan fingerprint density at radius 2 is 1.86 bits per heavy atom. The second-order valence-corrected chi connectivity index (χ2v) is 6.86. The molecule has 0 spiro atoms. The summed E-state index contributed by atoms with van der Waals surface area (Å²) in [5, 5.41) is 3.45. The highest BCUT2D eigenvalue weighted by molar-refractivity contribution is 7.99. The molecule has 3 nitrogen and oxygen atoms in total. The zero-order valence-electron chi connectivity index (χ0n) is 13.0. The Labute approximate surface area is 135 Å². The second kappa shape index (κ2) is 5.69. The van der Waals surface area contributed by atoms with E-state index in [1.165, 1.54) is 9.79 Å². The third-order valence-electron chi connectivity index (χ3n) is 3.86. The van der Waals surface area contributed by atoms with E-state index in [9.17, 15) is 4.79 Å². The molecule has 1 aliphatic heterocycles. The van der Waals surface area contributed by atoms with Crippen LogP contribution in [-0.4, -0.2) is 12.6 Å². The summed E-state index contributed by atoms with van der Waals surface area (Å²) in [4.78, 5) is 14.6. The van der Waals surface area contributed by atoms with E-state index in [1.54, 1.807) is 11.8 Å². The average Bonchev–Trinajstić information content (AvgIpc) is 2.52. The summed E-state index contributed by atoms with van der Waals surface area (Å²) in [6.45, 7) is 6.03. The van der Waals surface area contributed by atoms with Crippen LogP contribution in [0.15, 0.2) is 52.3 Å². The molecule has 2 aromatic carbocycles. The smallest absolute Gasteiger partial charge is 0.315 e. The minimum absolute atomic E-state index is 0.196. The number of rotatable bonds is 3. The van der Waals surface area contributed by atoms with Gasteiger partial charge in [0.05, 0.1) is 23.4 Å². The van der Waals surface area contributed by atoms with Gasteiger partial charge in [-0.2, -0.15) is 0 Å². The van der Waals surface area contributed by atoms with Crippen molar-refractivity contribution in [2.24, 2.45) is 0 Å². The third-order valence-corrected chi connectivity index (χ3v) is 5.02. The highest BCUT2D eigenvalue weighted by atomic mass is 32.2. The van der Waals surface area contributed by atoms with E-state index in [1.807, 2.05) is 39.0 Å². The van der Waals surface area contributed by atoms with Crippen LogP contribution in [-0.2, 0) is 14.9 Å². The fraction of sp³-hybridized carbons (Fsp3) is 0.278. The molecule has 0 amide bonds. The summed E-state index contributed by atoms with van der Waals surface area (Å²) >= 11 is 1.74. The molecule has 0 aliphatic carbocycles. The second-order valence-electron chi connectivity index (χ2n) is 5.78. The normalized spacial score (nSPS) is 12.9. The first-order chi connectivity index (χ1) is 10.5. The van der Waals surface area contributed by atoms with Gasteiger partial charge in [-0.25, -0.2) is 0 Å². The number of nitrogens with one attached hydrogen (secondary N) is 1. The van der Waals surface area contributed by atoms with E-state index >= 15 is 0 Å². The SMILES string of the molecule is CCOC(=O)C(C)(C)c1ccc2c(c1)Nc1ccccc1S2. The summed E-state index contributed by atoms with van der Waals surface area (Å²) in [6.07, 6.45) is 0. The molecule has 0 fully saturated rings. The molecular weight excluding hydrogens is 294 g/mol. The highest BCUT2D eigenvalue weighted by Gasteiger charge is 2.32. The molecule has 2 aromatic rings. The predicted molar refractivity (Wildman–Crippen MR) is 89.9 cm³/mol. The number of hydrogen-bond acceptors (Lipinski definition) is 4. The van der Waals surface area contributed by atoms with Gasteiger partial charge in [0.25, 0.3) is 0 Å². The standard InChI is InChI=1S/C18H19NO2S/c1-4-21-17(20)18(2,3)12-9-10-16-14(11-12)19-13-7-5-6-8-15(13)22-16/h5-11,19H,4H2,1-3H3. The van der Waals surface area contributed by atoms with Gasteiger partial charge in [-0.3, -0.25) is 4.79 Å². The fourth-order valence-electron chi connectivity index (χ4n) is 2.46. The van der Waals surface area contributed by atoms with Gasteiger partial charge in [-0.05, 0) is 50.6 Å². The molecule has 0 radical (unpaired) electrons. The lowest BCUT2D eigenvalue weighted by Crippen LogP contribution is -2.31. The number of anilines is 2.